The molecule has 0 aromatic rings. The van der Waals surface area contributed by atoms with Crippen molar-refractivity contribution in [3.8, 4) is 0 Å². The molecule has 2 unspecified atom stereocenters. The van der Waals surface area contributed by atoms with Gasteiger partial charge in [-0.25, -0.2) is 0 Å². The molecule has 0 nitrogen and oxygen atoms in total. The fourth-order valence-corrected chi connectivity index (χ4v) is 1.51. The normalized spacial score (nSPS) is 16.7. The van der Waals surface area contributed by atoms with Crippen molar-refractivity contribution in [1.29, 1.82) is 0 Å². The summed E-state index contributed by atoms with van der Waals surface area (Å²) >= 11 is 2.26. The summed E-state index contributed by atoms with van der Waals surface area (Å²) in [6.07, 6.45) is 1.34. The van der Waals surface area contributed by atoms with Crippen LogP contribution in [0, 0.1) is 35.9 Å². The van der Waals surface area contributed by atoms with Crippen molar-refractivity contribution >= 4 is 3.85 Å². The molecule has 0 bridgehead atoms. The van der Waals surface area contributed by atoms with E-state index < -0.39 is 0 Å². The third-order valence-corrected chi connectivity index (χ3v) is 4.68. The van der Waals surface area contributed by atoms with E-state index in [0.717, 1.165) is 9.51 Å². The van der Waals surface area contributed by atoms with Gasteiger partial charge in [-0.3, -0.25) is 0 Å². The van der Waals surface area contributed by atoms with Crippen LogP contribution in [0.15, 0.2) is 0 Å². The Labute approximate surface area is 65.0 Å². The first kappa shape index (κ1) is 7.72. The Kier molecular flexibility index (Phi) is 6.26. The Morgan fingerprint density at radius 2 is 2.33 bits per heavy atom. The fourth-order valence-electron chi connectivity index (χ4n) is 0.0680. The van der Waals surface area contributed by atoms with Gasteiger partial charge >= 0.3 is 65.7 Å². The minimum absolute atomic E-state index is 0.963. The summed E-state index contributed by atoms with van der Waals surface area (Å²) in [6, 6.07) is 0. The van der Waals surface area contributed by atoms with Gasteiger partial charge in [0.1, 0.15) is 0 Å². The van der Waals surface area contributed by atoms with Crippen molar-refractivity contribution in [3.05, 3.63) is 0 Å². The zero-order valence-corrected chi connectivity index (χ0v) is 7.26. The van der Waals surface area contributed by atoms with Gasteiger partial charge in [-0.1, -0.05) is 0 Å². The second kappa shape index (κ2) is 4.86. The number of hydrogen-bond donors (Lipinski definition) is 0. The summed E-state index contributed by atoms with van der Waals surface area (Å²) in [7, 11) is 0. The zero-order valence-electron chi connectivity index (χ0n) is 4.12. The van der Waals surface area contributed by atoms with Crippen LogP contribution in [-0.4, -0.2) is 5.66 Å². The molecule has 0 radical (unpaired) electrons. The van der Waals surface area contributed by atoms with Crippen molar-refractivity contribution in [2.75, 3.05) is 0 Å². The van der Waals surface area contributed by atoms with Crippen LogP contribution >= 0.6 is 3.85 Å². The first-order chi connectivity index (χ1) is 2.81. The van der Waals surface area contributed by atoms with Gasteiger partial charge in [0.15, 0.2) is 0 Å². The van der Waals surface area contributed by atoms with Crippen LogP contribution < -0.4 is 0 Å². The second-order valence-electron chi connectivity index (χ2n) is 1.41. The van der Waals surface area contributed by atoms with Crippen LogP contribution in [0.1, 0.15) is 20.3 Å². The summed E-state index contributed by atoms with van der Waals surface area (Å²) < 4.78 is 1.13. The van der Waals surface area contributed by atoms with E-state index in [1.807, 2.05) is 0 Å². The molecule has 0 saturated carbocycles. The quantitative estimate of drug-likeness (QED) is 0.655. The average molecular weight is 248 g/mol. The first-order valence-corrected chi connectivity index (χ1v) is 6.27. The van der Waals surface area contributed by atoms with Crippen LogP contribution in [0.25, 0.3) is 0 Å². The fraction of sp³-hybridized carbons (Fsp3) is 1.00. The molecule has 0 aromatic heterocycles. The van der Waals surface area contributed by atoms with E-state index in [1.54, 1.807) is 0 Å². The molecule has 0 saturated heterocycles. The van der Waals surface area contributed by atoms with Crippen molar-refractivity contribution in [3.63, 3.8) is 0 Å². The Bertz CT molecular complexity index is 26.7. The Hall–Kier alpha value is 1.72. The molecule has 2 atom stereocenters. The van der Waals surface area contributed by atoms with Gasteiger partial charge in [0.05, 0.1) is 0 Å². The molecule has 0 rings (SSSR count). The van der Waals surface area contributed by atoms with Crippen molar-refractivity contribution in [2.45, 2.75) is 25.9 Å². The van der Waals surface area contributed by atoms with Crippen LogP contribution in [0.5, 0.6) is 0 Å². The first-order valence-electron chi connectivity index (χ1n) is 2.15. The molecule has 0 amide bonds. The predicted octanol–water partition coefficient (Wildman–Crippen LogP) is 1.93. The van der Waals surface area contributed by atoms with Gasteiger partial charge < -0.3 is 0 Å². The van der Waals surface area contributed by atoms with Gasteiger partial charge in [0.2, 0.25) is 0 Å². The molecule has 2 heteroatoms. The summed E-state index contributed by atoms with van der Waals surface area (Å²) in [4.78, 5) is 0. The third-order valence-electron chi connectivity index (χ3n) is 0.777. The van der Waals surface area contributed by atoms with E-state index in [-0.39, 0.29) is 0 Å². The van der Waals surface area contributed by atoms with Crippen molar-refractivity contribution in [2.24, 2.45) is 0 Å². The Morgan fingerprint density at radius 3 is 2.33 bits per heavy atom. The maximum atomic E-state index is 2.29. The molecule has 0 aliphatic heterocycles. The van der Waals surface area contributed by atoms with E-state index in [4.69, 9.17) is 0 Å². The van der Waals surface area contributed by atoms with E-state index >= 15 is 0 Å². The standard InChI is InChI=1S/C4H10P.Tb/c1-3-4(2)5;/h4-5H,3H2,1-2H3;/q-1;+1. The molecule has 0 fully saturated rings. The summed E-state index contributed by atoms with van der Waals surface area (Å²) in [5.41, 5.74) is 0.963. The maximum absolute atomic E-state index is 2.29. The molecule has 0 heterocycles. The molecular formula is C4H10PTb. The van der Waals surface area contributed by atoms with Gasteiger partial charge in [-0.2, -0.15) is 0 Å². The molecule has 0 spiro atoms. The third kappa shape index (κ3) is 3.89. The van der Waals surface area contributed by atoms with Crippen molar-refractivity contribution in [1.82, 2.24) is 0 Å². The van der Waals surface area contributed by atoms with E-state index in [9.17, 15) is 0 Å². The number of rotatable bonds is 2. The van der Waals surface area contributed by atoms with Gasteiger partial charge in [-0.05, 0) is 0 Å². The van der Waals surface area contributed by atoms with Gasteiger partial charge in [0.25, 0.3) is 0 Å². The van der Waals surface area contributed by atoms with Gasteiger partial charge in [-0.15, -0.1) is 0 Å². The van der Waals surface area contributed by atoms with E-state index in [1.165, 1.54) is 6.42 Å². The number of hydrogen-bond acceptors (Lipinski definition) is 0. The summed E-state index contributed by atoms with van der Waals surface area (Å²) in [5.74, 6) is 0. The van der Waals surface area contributed by atoms with Crippen LogP contribution in [0.2, 0.25) is 0 Å². The molecule has 0 aliphatic carbocycles. The molecule has 0 N–H and O–H groups in total. The van der Waals surface area contributed by atoms with E-state index in [0.29, 0.717) is 0 Å². The Morgan fingerprint density at radius 1 is 1.83 bits per heavy atom. The van der Waals surface area contributed by atoms with Crippen LogP contribution in [0.4, 0.5) is 0 Å². The predicted molar refractivity (Wildman–Crippen MR) is 28.1 cm³/mol. The molecule has 6 heavy (non-hydrogen) atoms. The van der Waals surface area contributed by atoms with Crippen LogP contribution in [-0.2, 0) is 0 Å². The van der Waals surface area contributed by atoms with Crippen molar-refractivity contribution < 1.29 is 35.9 Å². The topological polar surface area (TPSA) is 0 Å². The minimum atomic E-state index is 0.963. The molecule has 0 aromatic carbocycles. The zero-order chi connectivity index (χ0) is 4.99. The van der Waals surface area contributed by atoms with E-state index in [2.05, 4.69) is 49.7 Å². The molecule has 40 valence electrons. The van der Waals surface area contributed by atoms with Gasteiger partial charge in [0, 0.05) is 0 Å². The monoisotopic (exact) mass is 248 g/mol. The molecular weight excluding hydrogens is 238 g/mol. The summed E-state index contributed by atoms with van der Waals surface area (Å²) in [5, 5.41) is 0. The molecule has 0 aliphatic rings. The SMILES string of the molecule is CCC(C)[PH][Tb]. The van der Waals surface area contributed by atoms with Crippen LogP contribution in [0.3, 0.4) is 0 Å². The average Bonchev–Trinajstić information content (AvgIpc) is 1.65. The summed E-state index contributed by atoms with van der Waals surface area (Å²) in [6.45, 7) is 4.53. The Balaban J connectivity index is 2.75. The second-order valence-corrected chi connectivity index (χ2v) is 4.44.